The summed E-state index contributed by atoms with van der Waals surface area (Å²) in [7, 11) is 1.63. The number of H-pyrrole nitrogens is 1. The number of nitrogens with zero attached hydrogens (tertiary/aromatic N) is 1. The molecule has 1 aliphatic heterocycles. The molecular weight excluding hydrogens is 404 g/mol. The van der Waals surface area contributed by atoms with Gasteiger partial charge in [0.25, 0.3) is 5.91 Å². The van der Waals surface area contributed by atoms with E-state index in [1.807, 2.05) is 48.7 Å². The van der Waals surface area contributed by atoms with E-state index in [4.69, 9.17) is 4.74 Å². The molecule has 2 N–H and O–H groups in total. The van der Waals surface area contributed by atoms with Gasteiger partial charge in [0.15, 0.2) is 11.5 Å². The molecule has 0 bridgehead atoms. The van der Waals surface area contributed by atoms with Gasteiger partial charge in [0.2, 0.25) is 0 Å². The monoisotopic (exact) mass is 432 g/mol. The minimum absolute atomic E-state index is 0.160. The molecule has 0 spiro atoms. The number of aromatic amines is 1. The SMILES string of the molecule is COc1ccc2[nH]cc(CCN3C(=O)C(O)=C(C(C)=O)[C@H]3c3ccc(C(C)C)cc3)c2c1. The number of carbonyl (C=O) groups is 2. The van der Waals surface area contributed by atoms with E-state index in [1.165, 1.54) is 12.5 Å². The van der Waals surface area contributed by atoms with Gasteiger partial charge in [-0.05, 0) is 54.2 Å². The number of methoxy groups -OCH3 is 1. The first-order chi connectivity index (χ1) is 15.3. The van der Waals surface area contributed by atoms with Crippen molar-refractivity contribution in [3.63, 3.8) is 0 Å². The summed E-state index contributed by atoms with van der Waals surface area (Å²) in [6.45, 7) is 5.98. The van der Waals surface area contributed by atoms with Crippen LogP contribution < -0.4 is 4.74 Å². The van der Waals surface area contributed by atoms with Crippen LogP contribution >= 0.6 is 0 Å². The lowest BCUT2D eigenvalue weighted by Gasteiger charge is -2.27. The number of hydrogen-bond donors (Lipinski definition) is 2. The molecule has 0 fully saturated rings. The lowest BCUT2D eigenvalue weighted by atomic mass is 9.94. The van der Waals surface area contributed by atoms with Gasteiger partial charge in [-0.1, -0.05) is 38.1 Å². The van der Waals surface area contributed by atoms with E-state index in [-0.39, 0.29) is 11.4 Å². The number of aliphatic hydroxyl groups excluding tert-OH is 1. The normalized spacial score (nSPS) is 16.5. The standard InChI is InChI=1S/C26H28N2O4/c1-15(2)17-5-7-18(8-6-17)24-23(16(3)29)25(30)26(31)28(24)12-11-19-14-27-22-10-9-20(32-4)13-21(19)22/h5-10,13-15,24,27,30H,11-12H2,1-4H3/t24-/m1/s1. The molecular formula is C26H28N2O4. The van der Waals surface area contributed by atoms with Gasteiger partial charge in [-0.15, -0.1) is 0 Å². The van der Waals surface area contributed by atoms with E-state index in [0.717, 1.165) is 27.8 Å². The minimum Gasteiger partial charge on any atom is -0.503 e. The maximum Gasteiger partial charge on any atom is 0.290 e. The topological polar surface area (TPSA) is 82.6 Å². The first-order valence-corrected chi connectivity index (χ1v) is 10.8. The summed E-state index contributed by atoms with van der Waals surface area (Å²) in [4.78, 5) is 30.2. The van der Waals surface area contributed by atoms with Gasteiger partial charge in [-0.25, -0.2) is 0 Å². The zero-order chi connectivity index (χ0) is 23.0. The number of Topliss-reactive ketones (excluding diaryl/α,β-unsaturated/α-hetero) is 1. The number of benzene rings is 2. The van der Waals surface area contributed by atoms with Crippen molar-refractivity contribution in [3.05, 3.63) is 76.7 Å². The molecule has 6 heteroatoms. The largest absolute Gasteiger partial charge is 0.503 e. The Morgan fingerprint density at radius 3 is 2.53 bits per heavy atom. The fraction of sp³-hybridized carbons (Fsp3) is 0.308. The summed E-state index contributed by atoms with van der Waals surface area (Å²) in [5.41, 5.74) is 4.18. The van der Waals surface area contributed by atoms with E-state index < -0.39 is 17.7 Å². The Morgan fingerprint density at radius 1 is 1.19 bits per heavy atom. The highest BCUT2D eigenvalue weighted by molar-refractivity contribution is 6.08. The highest BCUT2D eigenvalue weighted by Crippen LogP contribution is 2.38. The number of aliphatic hydroxyl groups is 1. The number of ether oxygens (including phenoxy) is 1. The van der Waals surface area contributed by atoms with E-state index in [1.54, 1.807) is 12.0 Å². The molecule has 6 nitrogen and oxygen atoms in total. The molecule has 0 aliphatic carbocycles. The van der Waals surface area contributed by atoms with Crippen molar-refractivity contribution >= 4 is 22.6 Å². The Morgan fingerprint density at radius 2 is 1.91 bits per heavy atom. The zero-order valence-electron chi connectivity index (χ0n) is 18.8. The average Bonchev–Trinajstić information content (AvgIpc) is 3.30. The van der Waals surface area contributed by atoms with Crippen molar-refractivity contribution in [2.45, 2.75) is 39.2 Å². The van der Waals surface area contributed by atoms with Crippen LogP contribution in [0.15, 0.2) is 60.0 Å². The molecule has 1 amide bonds. The fourth-order valence-corrected chi connectivity index (χ4v) is 4.39. The zero-order valence-corrected chi connectivity index (χ0v) is 18.8. The molecule has 166 valence electrons. The first kappa shape index (κ1) is 21.7. The van der Waals surface area contributed by atoms with Crippen LogP contribution in [0.1, 0.15) is 49.4 Å². The van der Waals surface area contributed by atoms with Crippen LogP contribution in [0.2, 0.25) is 0 Å². The first-order valence-electron chi connectivity index (χ1n) is 10.8. The van der Waals surface area contributed by atoms with Crippen molar-refractivity contribution in [2.24, 2.45) is 0 Å². The molecule has 4 rings (SSSR count). The second kappa shape index (κ2) is 8.54. The molecule has 1 aliphatic rings. The number of rotatable bonds is 7. The van der Waals surface area contributed by atoms with Crippen LogP contribution in [-0.4, -0.2) is 40.3 Å². The summed E-state index contributed by atoms with van der Waals surface area (Å²) in [5.74, 6) is -0.118. The van der Waals surface area contributed by atoms with Gasteiger partial charge < -0.3 is 19.7 Å². The van der Waals surface area contributed by atoms with Gasteiger partial charge in [0.05, 0.1) is 18.7 Å². The molecule has 0 unspecified atom stereocenters. The molecule has 0 saturated carbocycles. The number of nitrogens with one attached hydrogen (secondary N) is 1. The molecule has 1 aromatic heterocycles. The van der Waals surface area contributed by atoms with Crippen LogP contribution in [0.3, 0.4) is 0 Å². The van der Waals surface area contributed by atoms with Crippen LogP contribution in [0.25, 0.3) is 10.9 Å². The number of carbonyl (C=O) groups excluding carboxylic acids is 2. The van der Waals surface area contributed by atoms with Crippen molar-refractivity contribution in [1.29, 1.82) is 0 Å². The predicted molar refractivity (Wildman–Crippen MR) is 124 cm³/mol. The lowest BCUT2D eigenvalue weighted by molar-refractivity contribution is -0.129. The quantitative estimate of drug-likeness (QED) is 0.560. The molecule has 3 aromatic rings. The van der Waals surface area contributed by atoms with Crippen molar-refractivity contribution in [3.8, 4) is 5.75 Å². The average molecular weight is 433 g/mol. The summed E-state index contributed by atoms with van der Waals surface area (Å²) >= 11 is 0. The summed E-state index contributed by atoms with van der Waals surface area (Å²) in [6, 6.07) is 13.1. The second-order valence-electron chi connectivity index (χ2n) is 8.52. The summed E-state index contributed by atoms with van der Waals surface area (Å²) < 4.78 is 5.34. The van der Waals surface area contributed by atoms with Gasteiger partial charge in [-0.2, -0.15) is 0 Å². The van der Waals surface area contributed by atoms with E-state index >= 15 is 0 Å². The third kappa shape index (κ3) is 3.77. The van der Waals surface area contributed by atoms with E-state index in [2.05, 4.69) is 18.8 Å². The number of amides is 1. The van der Waals surface area contributed by atoms with Crippen LogP contribution in [0.5, 0.6) is 5.75 Å². The Labute approximate surface area is 187 Å². The molecule has 0 radical (unpaired) electrons. The molecule has 2 heterocycles. The molecule has 2 aromatic carbocycles. The van der Waals surface area contributed by atoms with Gasteiger partial charge in [0, 0.05) is 23.6 Å². The maximum atomic E-state index is 12.9. The number of aromatic nitrogens is 1. The molecule has 32 heavy (non-hydrogen) atoms. The lowest BCUT2D eigenvalue weighted by Crippen LogP contribution is -2.32. The highest BCUT2D eigenvalue weighted by atomic mass is 16.5. The number of fused-ring (bicyclic) bond motifs is 1. The third-order valence-corrected chi connectivity index (χ3v) is 6.20. The second-order valence-corrected chi connectivity index (χ2v) is 8.52. The van der Waals surface area contributed by atoms with Gasteiger partial charge in [-0.3, -0.25) is 9.59 Å². The van der Waals surface area contributed by atoms with Crippen molar-refractivity contribution in [1.82, 2.24) is 9.88 Å². The smallest absolute Gasteiger partial charge is 0.290 e. The van der Waals surface area contributed by atoms with Gasteiger partial charge >= 0.3 is 0 Å². The van der Waals surface area contributed by atoms with Crippen LogP contribution in [0, 0.1) is 0 Å². The third-order valence-electron chi connectivity index (χ3n) is 6.20. The highest BCUT2D eigenvalue weighted by Gasteiger charge is 2.42. The molecule has 0 saturated heterocycles. The van der Waals surface area contributed by atoms with E-state index in [9.17, 15) is 14.7 Å². The van der Waals surface area contributed by atoms with Gasteiger partial charge in [0.1, 0.15) is 5.75 Å². The number of hydrogen-bond acceptors (Lipinski definition) is 4. The Hall–Kier alpha value is -3.54. The van der Waals surface area contributed by atoms with Crippen LogP contribution in [-0.2, 0) is 16.0 Å². The Balaban J connectivity index is 1.66. The number of ketones is 1. The minimum atomic E-state index is -0.596. The van der Waals surface area contributed by atoms with Crippen molar-refractivity contribution < 1.29 is 19.4 Å². The fourth-order valence-electron chi connectivity index (χ4n) is 4.39. The Bertz CT molecular complexity index is 1200. The van der Waals surface area contributed by atoms with Crippen molar-refractivity contribution in [2.75, 3.05) is 13.7 Å². The van der Waals surface area contributed by atoms with Crippen LogP contribution in [0.4, 0.5) is 0 Å². The summed E-state index contributed by atoms with van der Waals surface area (Å²) in [6.07, 6.45) is 2.49. The maximum absolute atomic E-state index is 12.9. The summed E-state index contributed by atoms with van der Waals surface area (Å²) in [5, 5.41) is 11.5. The predicted octanol–water partition coefficient (Wildman–Crippen LogP) is 4.83. The molecule has 1 atom stereocenters. The van der Waals surface area contributed by atoms with E-state index in [0.29, 0.717) is 18.9 Å². The Kier molecular flexibility index (Phi) is 5.78.